The van der Waals surface area contributed by atoms with Gasteiger partial charge in [0, 0.05) is 4.47 Å². The summed E-state index contributed by atoms with van der Waals surface area (Å²) in [5, 5.41) is 14.0. The Morgan fingerprint density at radius 3 is 2.42 bits per heavy atom. The van der Waals surface area contributed by atoms with Gasteiger partial charge in [-0.05, 0) is 29.8 Å². The van der Waals surface area contributed by atoms with E-state index in [2.05, 4.69) is 26.6 Å². The van der Waals surface area contributed by atoms with E-state index >= 15 is 0 Å². The molecule has 0 bridgehead atoms. The van der Waals surface area contributed by atoms with Crippen molar-refractivity contribution in [3.05, 3.63) is 64.4 Å². The lowest BCUT2D eigenvalue weighted by atomic mass is 10.1. The first-order valence-corrected chi connectivity index (χ1v) is 7.77. The molecule has 2 aromatic rings. The van der Waals surface area contributed by atoms with Crippen LogP contribution in [0.15, 0.2) is 53.0 Å². The molecule has 6 nitrogen and oxygen atoms in total. The van der Waals surface area contributed by atoms with Crippen LogP contribution in [-0.4, -0.2) is 23.6 Å². The highest BCUT2D eigenvalue weighted by Crippen LogP contribution is 2.17. The highest BCUT2D eigenvalue weighted by Gasteiger charge is 2.22. The molecule has 0 saturated heterocycles. The summed E-state index contributed by atoms with van der Waals surface area (Å²) < 4.78 is 14.3. The van der Waals surface area contributed by atoms with Crippen LogP contribution < -0.4 is 16.1 Å². The van der Waals surface area contributed by atoms with Gasteiger partial charge in [0.15, 0.2) is 0 Å². The van der Waals surface area contributed by atoms with Crippen LogP contribution in [0.1, 0.15) is 11.6 Å². The standard InChI is InChI=1S/C16H15BrFN3O3/c17-11-7-5-10(6-8-11)15(16(23)21-24)20-14(22)9-19-13-4-2-1-3-12(13)18/h1-8,15,19,24H,9H2,(H,20,22)(H,21,23). The van der Waals surface area contributed by atoms with Gasteiger partial charge in [-0.1, -0.05) is 40.2 Å². The van der Waals surface area contributed by atoms with Gasteiger partial charge in [-0.2, -0.15) is 0 Å². The maximum Gasteiger partial charge on any atom is 0.270 e. The van der Waals surface area contributed by atoms with Gasteiger partial charge in [-0.25, -0.2) is 9.87 Å². The highest BCUT2D eigenvalue weighted by atomic mass is 79.9. The second kappa shape index (κ2) is 8.42. The van der Waals surface area contributed by atoms with E-state index in [1.807, 2.05) is 0 Å². The van der Waals surface area contributed by atoms with Gasteiger partial charge in [0.05, 0.1) is 12.2 Å². The Labute approximate surface area is 146 Å². The minimum atomic E-state index is -1.07. The molecule has 126 valence electrons. The van der Waals surface area contributed by atoms with Crippen molar-refractivity contribution in [3.63, 3.8) is 0 Å². The molecule has 0 saturated carbocycles. The van der Waals surface area contributed by atoms with Gasteiger partial charge in [0.2, 0.25) is 5.91 Å². The van der Waals surface area contributed by atoms with E-state index in [1.54, 1.807) is 30.3 Å². The number of carbonyl (C=O) groups is 2. The number of rotatable bonds is 6. The second-order valence-corrected chi connectivity index (χ2v) is 5.78. The minimum absolute atomic E-state index is 0.180. The largest absolute Gasteiger partial charge is 0.374 e. The van der Waals surface area contributed by atoms with Crippen molar-refractivity contribution in [2.45, 2.75) is 6.04 Å². The predicted octanol–water partition coefficient (Wildman–Crippen LogP) is 2.36. The lowest BCUT2D eigenvalue weighted by molar-refractivity contribution is -0.134. The topological polar surface area (TPSA) is 90.5 Å². The lowest BCUT2D eigenvalue weighted by Gasteiger charge is -2.17. The number of hydrogen-bond donors (Lipinski definition) is 4. The summed E-state index contributed by atoms with van der Waals surface area (Å²) in [5.74, 6) is -1.80. The Kier molecular flexibility index (Phi) is 6.28. The molecular weight excluding hydrogens is 381 g/mol. The molecule has 1 atom stereocenters. The third kappa shape index (κ3) is 4.77. The van der Waals surface area contributed by atoms with Crippen LogP contribution in [0.5, 0.6) is 0 Å². The predicted molar refractivity (Wildman–Crippen MR) is 89.8 cm³/mol. The molecule has 1 unspecified atom stereocenters. The monoisotopic (exact) mass is 395 g/mol. The second-order valence-electron chi connectivity index (χ2n) is 4.86. The fourth-order valence-electron chi connectivity index (χ4n) is 2.01. The molecular formula is C16H15BrFN3O3. The van der Waals surface area contributed by atoms with E-state index in [-0.39, 0.29) is 12.2 Å². The van der Waals surface area contributed by atoms with E-state index in [0.29, 0.717) is 5.56 Å². The number of para-hydroxylation sites is 1. The van der Waals surface area contributed by atoms with Gasteiger partial charge >= 0.3 is 0 Å². The third-order valence-corrected chi connectivity index (χ3v) is 3.72. The average molecular weight is 396 g/mol. The van der Waals surface area contributed by atoms with Crippen molar-refractivity contribution >= 4 is 33.4 Å². The van der Waals surface area contributed by atoms with Crippen LogP contribution in [0.3, 0.4) is 0 Å². The quantitative estimate of drug-likeness (QED) is 0.446. The molecule has 0 aromatic heterocycles. The normalized spacial score (nSPS) is 11.5. The molecule has 24 heavy (non-hydrogen) atoms. The van der Waals surface area contributed by atoms with Gasteiger partial charge in [-0.3, -0.25) is 14.8 Å². The number of anilines is 1. The molecule has 2 amide bonds. The first-order chi connectivity index (χ1) is 11.5. The first-order valence-electron chi connectivity index (χ1n) is 6.98. The molecule has 2 rings (SSSR count). The number of amides is 2. The number of hydroxylamine groups is 1. The Hall–Kier alpha value is -2.45. The first kappa shape index (κ1) is 17.9. The molecule has 0 heterocycles. The number of hydrogen-bond acceptors (Lipinski definition) is 4. The number of benzene rings is 2. The van der Waals surface area contributed by atoms with Crippen LogP contribution >= 0.6 is 15.9 Å². The number of halogens is 2. The minimum Gasteiger partial charge on any atom is -0.374 e. The summed E-state index contributed by atoms with van der Waals surface area (Å²) in [7, 11) is 0. The van der Waals surface area contributed by atoms with Crippen LogP contribution in [0.4, 0.5) is 10.1 Å². The van der Waals surface area contributed by atoms with Crippen molar-refractivity contribution in [1.29, 1.82) is 0 Å². The van der Waals surface area contributed by atoms with E-state index < -0.39 is 23.7 Å². The summed E-state index contributed by atoms with van der Waals surface area (Å²) in [5.41, 5.74) is 2.19. The van der Waals surface area contributed by atoms with Gasteiger partial charge in [-0.15, -0.1) is 0 Å². The van der Waals surface area contributed by atoms with E-state index in [4.69, 9.17) is 5.21 Å². The van der Waals surface area contributed by atoms with Gasteiger partial charge in [0.1, 0.15) is 11.9 Å². The zero-order valence-corrected chi connectivity index (χ0v) is 14.0. The van der Waals surface area contributed by atoms with Crippen LogP contribution in [0, 0.1) is 5.82 Å². The lowest BCUT2D eigenvalue weighted by Crippen LogP contribution is -2.41. The van der Waals surface area contributed by atoms with Crippen molar-refractivity contribution in [2.24, 2.45) is 0 Å². The number of carbonyl (C=O) groups excluding carboxylic acids is 2. The summed E-state index contributed by atoms with van der Waals surface area (Å²) in [4.78, 5) is 23.8. The van der Waals surface area contributed by atoms with Crippen LogP contribution in [0.2, 0.25) is 0 Å². The third-order valence-electron chi connectivity index (χ3n) is 3.19. The number of nitrogens with one attached hydrogen (secondary N) is 3. The fourth-order valence-corrected chi connectivity index (χ4v) is 2.28. The van der Waals surface area contributed by atoms with E-state index in [1.165, 1.54) is 23.7 Å². The summed E-state index contributed by atoms with van der Waals surface area (Å²) in [6.07, 6.45) is 0. The van der Waals surface area contributed by atoms with Crippen LogP contribution in [0.25, 0.3) is 0 Å². The van der Waals surface area contributed by atoms with Crippen molar-refractivity contribution in [3.8, 4) is 0 Å². The molecule has 0 spiro atoms. The molecule has 0 aliphatic heterocycles. The Balaban J connectivity index is 2.03. The maximum absolute atomic E-state index is 13.5. The van der Waals surface area contributed by atoms with Crippen LogP contribution in [-0.2, 0) is 9.59 Å². The molecule has 2 aromatic carbocycles. The highest BCUT2D eigenvalue weighted by molar-refractivity contribution is 9.10. The Morgan fingerprint density at radius 1 is 1.12 bits per heavy atom. The van der Waals surface area contributed by atoms with Crippen molar-refractivity contribution in [2.75, 3.05) is 11.9 Å². The maximum atomic E-state index is 13.5. The van der Waals surface area contributed by atoms with E-state index in [0.717, 1.165) is 4.47 Å². The Bertz CT molecular complexity index is 725. The molecule has 4 N–H and O–H groups in total. The summed E-state index contributed by atoms with van der Waals surface area (Å²) in [6, 6.07) is 11.5. The smallest absolute Gasteiger partial charge is 0.270 e. The summed E-state index contributed by atoms with van der Waals surface area (Å²) in [6.45, 7) is -0.229. The zero-order chi connectivity index (χ0) is 17.5. The zero-order valence-electron chi connectivity index (χ0n) is 12.4. The molecule has 0 fully saturated rings. The summed E-state index contributed by atoms with van der Waals surface area (Å²) >= 11 is 3.27. The fraction of sp³-hybridized carbons (Fsp3) is 0.125. The molecule has 8 heteroatoms. The Morgan fingerprint density at radius 2 is 1.79 bits per heavy atom. The van der Waals surface area contributed by atoms with Crippen molar-refractivity contribution in [1.82, 2.24) is 10.8 Å². The SMILES string of the molecule is O=C(CNc1ccccc1F)NC(C(=O)NO)c1ccc(Br)cc1. The molecule has 0 radical (unpaired) electrons. The average Bonchev–Trinajstić information content (AvgIpc) is 2.59. The molecule has 0 aliphatic rings. The van der Waals surface area contributed by atoms with Gasteiger partial charge < -0.3 is 10.6 Å². The van der Waals surface area contributed by atoms with Crippen molar-refractivity contribution < 1.29 is 19.2 Å². The molecule has 0 aliphatic carbocycles. The van der Waals surface area contributed by atoms with Gasteiger partial charge in [0.25, 0.3) is 5.91 Å². The van der Waals surface area contributed by atoms with E-state index in [9.17, 15) is 14.0 Å².